The van der Waals surface area contributed by atoms with Crippen LogP contribution >= 0.6 is 11.6 Å². The predicted molar refractivity (Wildman–Crippen MR) is 123 cm³/mol. The molecule has 1 aliphatic rings. The number of halogens is 1. The maximum absolute atomic E-state index is 13.0. The third-order valence-corrected chi connectivity index (χ3v) is 5.74. The van der Waals surface area contributed by atoms with E-state index in [0.29, 0.717) is 17.3 Å². The minimum atomic E-state index is -0.548. The largest absolute Gasteiger partial charge is 0.478 e. The van der Waals surface area contributed by atoms with Crippen molar-refractivity contribution in [3.8, 4) is 5.75 Å². The molecule has 1 fully saturated rings. The van der Waals surface area contributed by atoms with Crippen LogP contribution in [0.3, 0.4) is 0 Å². The van der Waals surface area contributed by atoms with Gasteiger partial charge in [-0.05, 0) is 66.9 Å². The van der Waals surface area contributed by atoms with Crippen molar-refractivity contribution < 1.29 is 9.53 Å². The Bertz CT molecular complexity index is 1020. The fourth-order valence-corrected chi connectivity index (χ4v) is 3.84. The number of hydrogen-bond acceptors (Lipinski definition) is 3. The number of anilines is 2. The number of ether oxygens (including phenoxy) is 1. The Balaban J connectivity index is 1.54. The van der Waals surface area contributed by atoms with Gasteiger partial charge in [-0.1, -0.05) is 48.9 Å². The molecule has 0 saturated carbocycles. The highest BCUT2D eigenvalue weighted by molar-refractivity contribution is 6.30. The van der Waals surface area contributed by atoms with Crippen LogP contribution in [0.25, 0.3) is 0 Å². The molecule has 0 radical (unpaired) electrons. The number of benzene rings is 3. The number of amides is 1. The Labute approximate surface area is 182 Å². The van der Waals surface area contributed by atoms with E-state index in [-0.39, 0.29) is 11.9 Å². The average molecular weight is 421 g/mol. The van der Waals surface area contributed by atoms with Crippen LogP contribution in [0.4, 0.5) is 11.4 Å². The number of hydrogen-bond donors (Lipinski definition) is 1. The van der Waals surface area contributed by atoms with E-state index in [4.69, 9.17) is 16.3 Å². The number of nitrogens with zero attached hydrogens (tertiary/aromatic N) is 1. The summed E-state index contributed by atoms with van der Waals surface area (Å²) < 4.78 is 6.06. The quantitative estimate of drug-likeness (QED) is 0.514. The predicted octanol–water partition coefficient (Wildman–Crippen LogP) is 5.49. The molecule has 2 atom stereocenters. The van der Waals surface area contributed by atoms with Crippen molar-refractivity contribution in [2.45, 2.75) is 32.4 Å². The van der Waals surface area contributed by atoms with Gasteiger partial charge in [0.2, 0.25) is 0 Å². The molecule has 4 nitrogen and oxygen atoms in total. The number of para-hydroxylation sites is 1. The molecular formula is C25H25ClN2O2. The van der Waals surface area contributed by atoms with Gasteiger partial charge in [0, 0.05) is 22.9 Å². The van der Waals surface area contributed by atoms with Crippen molar-refractivity contribution in [1.29, 1.82) is 0 Å². The third kappa shape index (κ3) is 4.14. The Kier molecular flexibility index (Phi) is 5.96. The van der Waals surface area contributed by atoms with E-state index in [1.165, 1.54) is 5.56 Å². The molecule has 3 aromatic carbocycles. The molecule has 1 saturated heterocycles. The van der Waals surface area contributed by atoms with Gasteiger partial charge in [-0.3, -0.25) is 9.69 Å². The molecule has 154 valence electrons. The highest BCUT2D eigenvalue weighted by Gasteiger charge is 2.50. The van der Waals surface area contributed by atoms with Crippen LogP contribution in [0.2, 0.25) is 5.02 Å². The molecular weight excluding hydrogens is 396 g/mol. The number of nitrogens with one attached hydrogen (secondary N) is 1. The van der Waals surface area contributed by atoms with E-state index in [2.05, 4.69) is 36.5 Å². The van der Waals surface area contributed by atoms with Crippen molar-refractivity contribution in [2.24, 2.45) is 0 Å². The first kappa shape index (κ1) is 20.3. The minimum absolute atomic E-state index is 0.0348. The summed E-state index contributed by atoms with van der Waals surface area (Å²) in [4.78, 5) is 14.9. The highest BCUT2D eigenvalue weighted by Crippen LogP contribution is 2.33. The Hall–Kier alpha value is -2.98. The van der Waals surface area contributed by atoms with Crippen LogP contribution in [0, 0.1) is 6.92 Å². The fourth-order valence-electron chi connectivity index (χ4n) is 3.72. The first-order valence-electron chi connectivity index (χ1n) is 10.2. The van der Waals surface area contributed by atoms with Gasteiger partial charge < -0.3 is 10.1 Å². The molecule has 0 aromatic heterocycles. The highest BCUT2D eigenvalue weighted by atomic mass is 35.5. The molecule has 0 bridgehead atoms. The van der Waals surface area contributed by atoms with Crippen molar-refractivity contribution in [3.63, 3.8) is 0 Å². The zero-order chi connectivity index (χ0) is 21.1. The van der Waals surface area contributed by atoms with Crippen molar-refractivity contribution in [2.75, 3.05) is 16.8 Å². The first-order chi connectivity index (χ1) is 14.6. The fraction of sp³-hybridized carbons (Fsp3) is 0.240. The molecule has 30 heavy (non-hydrogen) atoms. The normalized spacial score (nSPS) is 18.1. The summed E-state index contributed by atoms with van der Waals surface area (Å²) in [6.45, 7) is 4.74. The van der Waals surface area contributed by atoms with Crippen LogP contribution in [-0.4, -0.2) is 24.6 Å². The van der Waals surface area contributed by atoms with Gasteiger partial charge in [-0.25, -0.2) is 0 Å². The lowest BCUT2D eigenvalue weighted by Crippen LogP contribution is -2.69. The van der Waals surface area contributed by atoms with Crippen LogP contribution < -0.4 is 15.0 Å². The number of carbonyl (C=O) groups is 1. The SMILES string of the molecule is CCc1ccc(NC[C@@H]2[C@H](Oc3ccc(Cl)cc3)C(=O)N2c2ccccc2C)cc1. The zero-order valence-electron chi connectivity index (χ0n) is 17.1. The summed E-state index contributed by atoms with van der Waals surface area (Å²) in [5.74, 6) is 0.604. The molecule has 1 heterocycles. The number of β-lactam (4-membered cyclic amide) rings is 1. The lowest BCUT2D eigenvalue weighted by atomic mass is 9.94. The maximum atomic E-state index is 13.0. The minimum Gasteiger partial charge on any atom is -0.478 e. The van der Waals surface area contributed by atoms with E-state index >= 15 is 0 Å². The number of aryl methyl sites for hydroxylation is 2. The first-order valence-corrected chi connectivity index (χ1v) is 10.6. The van der Waals surface area contributed by atoms with Crippen LogP contribution in [-0.2, 0) is 11.2 Å². The molecule has 0 spiro atoms. The van der Waals surface area contributed by atoms with Crippen molar-refractivity contribution >= 4 is 28.9 Å². The monoisotopic (exact) mass is 420 g/mol. The standard InChI is InChI=1S/C25H25ClN2O2/c1-3-18-8-12-20(13-9-18)27-16-23-24(30-21-14-10-19(26)11-15-21)25(29)28(23)22-7-5-4-6-17(22)2/h4-15,23-24,27H,3,16H2,1-2H3/t23-,24+/m1/s1. The van der Waals surface area contributed by atoms with Gasteiger partial charge >= 0.3 is 0 Å². The summed E-state index contributed by atoms with van der Waals surface area (Å²) in [5.41, 5.74) is 4.31. The summed E-state index contributed by atoms with van der Waals surface area (Å²) in [6.07, 6.45) is 0.461. The van der Waals surface area contributed by atoms with E-state index in [1.807, 2.05) is 36.1 Å². The lowest BCUT2D eigenvalue weighted by Gasteiger charge is -2.47. The van der Waals surface area contributed by atoms with Gasteiger partial charge in [0.15, 0.2) is 6.10 Å². The molecule has 0 aliphatic carbocycles. The van der Waals surface area contributed by atoms with E-state index < -0.39 is 6.10 Å². The summed E-state index contributed by atoms with van der Waals surface area (Å²) in [7, 11) is 0. The lowest BCUT2D eigenvalue weighted by molar-refractivity contribution is -0.134. The average Bonchev–Trinajstić information content (AvgIpc) is 2.77. The Morgan fingerprint density at radius 2 is 1.70 bits per heavy atom. The third-order valence-electron chi connectivity index (χ3n) is 5.49. The second-order valence-corrected chi connectivity index (χ2v) is 7.92. The second kappa shape index (κ2) is 8.80. The summed E-state index contributed by atoms with van der Waals surface area (Å²) in [6, 6.07) is 23.3. The topological polar surface area (TPSA) is 41.6 Å². The van der Waals surface area contributed by atoms with Gasteiger partial charge in [0.25, 0.3) is 5.91 Å². The molecule has 5 heteroatoms. The van der Waals surface area contributed by atoms with Crippen LogP contribution in [0.1, 0.15) is 18.1 Å². The maximum Gasteiger partial charge on any atom is 0.270 e. The zero-order valence-corrected chi connectivity index (χ0v) is 17.9. The summed E-state index contributed by atoms with van der Waals surface area (Å²) >= 11 is 5.97. The number of carbonyl (C=O) groups excluding carboxylic acids is 1. The van der Waals surface area contributed by atoms with Crippen molar-refractivity contribution in [1.82, 2.24) is 0 Å². The van der Waals surface area contributed by atoms with Gasteiger partial charge in [-0.2, -0.15) is 0 Å². The van der Waals surface area contributed by atoms with Crippen LogP contribution in [0.5, 0.6) is 5.75 Å². The number of rotatable bonds is 7. The molecule has 1 aliphatic heterocycles. The van der Waals surface area contributed by atoms with E-state index in [0.717, 1.165) is 23.4 Å². The Morgan fingerprint density at radius 1 is 1.00 bits per heavy atom. The summed E-state index contributed by atoms with van der Waals surface area (Å²) in [5, 5.41) is 4.10. The van der Waals surface area contributed by atoms with Gasteiger partial charge in [0.05, 0.1) is 0 Å². The van der Waals surface area contributed by atoms with Crippen LogP contribution in [0.15, 0.2) is 72.8 Å². The van der Waals surface area contributed by atoms with E-state index in [9.17, 15) is 4.79 Å². The molecule has 1 amide bonds. The second-order valence-electron chi connectivity index (χ2n) is 7.49. The smallest absolute Gasteiger partial charge is 0.270 e. The van der Waals surface area contributed by atoms with Gasteiger partial charge in [-0.15, -0.1) is 0 Å². The molecule has 0 unspecified atom stereocenters. The molecule has 4 rings (SSSR count). The Morgan fingerprint density at radius 3 is 2.37 bits per heavy atom. The van der Waals surface area contributed by atoms with Crippen molar-refractivity contribution in [3.05, 3.63) is 88.9 Å². The van der Waals surface area contributed by atoms with Gasteiger partial charge in [0.1, 0.15) is 11.8 Å². The van der Waals surface area contributed by atoms with E-state index in [1.54, 1.807) is 24.3 Å². The molecule has 3 aromatic rings. The molecule has 1 N–H and O–H groups in total.